The number of esters is 3. The van der Waals surface area contributed by atoms with E-state index in [2.05, 4.69) is 51.2 Å². The first kappa shape index (κ1) is 60.0. The molecule has 0 aromatic heterocycles. The monoisotopic (exact) mass is 893 g/mol. The first-order valence-corrected chi connectivity index (χ1v) is 25.2. The van der Waals surface area contributed by atoms with Gasteiger partial charge >= 0.3 is 17.9 Å². The summed E-state index contributed by atoms with van der Waals surface area (Å²) in [4.78, 5) is 37.9. The Balaban J connectivity index is 4.62. The van der Waals surface area contributed by atoms with Gasteiger partial charge in [-0.2, -0.15) is 0 Å². The molecule has 0 amide bonds. The van der Waals surface area contributed by atoms with Crippen molar-refractivity contribution in [1.29, 1.82) is 0 Å². The number of allylic oxidation sites excluding steroid dienone is 26. The molecule has 0 saturated heterocycles. The Morgan fingerprint density at radius 2 is 0.631 bits per heavy atom. The Labute approximate surface area is 397 Å². The van der Waals surface area contributed by atoms with Gasteiger partial charge in [0.2, 0.25) is 0 Å². The molecule has 0 N–H and O–H groups in total. The lowest BCUT2D eigenvalue weighted by Gasteiger charge is -2.18. The van der Waals surface area contributed by atoms with Crippen molar-refractivity contribution in [3.8, 4) is 0 Å². The second-order valence-corrected chi connectivity index (χ2v) is 15.9. The Kier molecular flexibility index (Phi) is 47.7. The van der Waals surface area contributed by atoms with E-state index >= 15 is 0 Å². The van der Waals surface area contributed by atoms with Crippen LogP contribution < -0.4 is 0 Å². The zero-order valence-corrected chi connectivity index (χ0v) is 40.9. The van der Waals surface area contributed by atoms with Gasteiger partial charge in [0, 0.05) is 19.3 Å². The quantitative estimate of drug-likeness (QED) is 0.0200. The molecule has 0 spiro atoms. The van der Waals surface area contributed by atoms with Crippen molar-refractivity contribution >= 4 is 17.9 Å². The lowest BCUT2D eigenvalue weighted by atomic mass is 10.1. The van der Waals surface area contributed by atoms with Crippen molar-refractivity contribution in [2.45, 2.75) is 181 Å². The van der Waals surface area contributed by atoms with Crippen LogP contribution in [-0.2, 0) is 28.6 Å². The molecule has 6 heteroatoms. The minimum absolute atomic E-state index is 0.134. The van der Waals surface area contributed by atoms with Gasteiger partial charge in [0.15, 0.2) is 6.10 Å². The van der Waals surface area contributed by atoms with E-state index in [4.69, 9.17) is 14.2 Å². The number of hydrogen-bond donors (Lipinski definition) is 0. The molecule has 0 aliphatic rings. The highest BCUT2D eigenvalue weighted by Crippen LogP contribution is 2.13. The van der Waals surface area contributed by atoms with Gasteiger partial charge in [-0.25, -0.2) is 0 Å². The van der Waals surface area contributed by atoms with Crippen LogP contribution in [0.1, 0.15) is 175 Å². The zero-order chi connectivity index (χ0) is 47.2. The number of unbranched alkanes of at least 4 members (excludes halogenated alkanes) is 15. The number of rotatable bonds is 42. The smallest absolute Gasteiger partial charge is 0.306 e. The molecule has 0 saturated carbocycles. The fourth-order valence-electron chi connectivity index (χ4n) is 6.10. The van der Waals surface area contributed by atoms with E-state index in [-0.39, 0.29) is 50.4 Å². The maximum atomic E-state index is 12.8. The minimum Gasteiger partial charge on any atom is -0.462 e. The van der Waals surface area contributed by atoms with Crippen LogP contribution in [0.3, 0.4) is 0 Å². The van der Waals surface area contributed by atoms with E-state index in [1.165, 1.54) is 64.2 Å². The van der Waals surface area contributed by atoms with Crippen molar-refractivity contribution in [3.63, 3.8) is 0 Å². The Morgan fingerprint density at radius 3 is 1.06 bits per heavy atom. The second kappa shape index (κ2) is 51.7. The second-order valence-electron chi connectivity index (χ2n) is 15.9. The molecule has 65 heavy (non-hydrogen) atoms. The molecule has 360 valence electrons. The SMILES string of the molecule is CC/C=C/C=C/C=C/C=C/C=C/C=C/C=C/CCCCCC(=O)OCC(COC(=O)CCC/C=C/C=C/C=C/C=C/C=C/CC)OC(=O)CCCCCCCCC/C=C/CCCCCC. The molecule has 0 bridgehead atoms. The molecule has 0 rings (SSSR count). The normalized spacial score (nSPS) is 13.5. The summed E-state index contributed by atoms with van der Waals surface area (Å²) in [5, 5.41) is 0. The van der Waals surface area contributed by atoms with Gasteiger partial charge in [-0.15, -0.1) is 0 Å². The third kappa shape index (κ3) is 49.9. The summed E-state index contributed by atoms with van der Waals surface area (Å²) in [6.07, 6.45) is 75.1. The van der Waals surface area contributed by atoms with E-state index in [0.717, 1.165) is 57.8 Å². The molecule has 1 unspecified atom stereocenters. The van der Waals surface area contributed by atoms with Gasteiger partial charge in [-0.05, 0) is 77.0 Å². The summed E-state index contributed by atoms with van der Waals surface area (Å²) in [5.41, 5.74) is 0. The largest absolute Gasteiger partial charge is 0.462 e. The molecule has 0 radical (unpaired) electrons. The van der Waals surface area contributed by atoms with Crippen LogP contribution in [0.5, 0.6) is 0 Å². The minimum atomic E-state index is -0.835. The summed E-state index contributed by atoms with van der Waals surface area (Å²) >= 11 is 0. The first-order valence-electron chi connectivity index (χ1n) is 25.2. The van der Waals surface area contributed by atoms with Crippen LogP contribution in [0.15, 0.2) is 158 Å². The van der Waals surface area contributed by atoms with Gasteiger partial charge in [0.05, 0.1) is 0 Å². The predicted molar refractivity (Wildman–Crippen MR) is 278 cm³/mol. The van der Waals surface area contributed by atoms with Gasteiger partial charge in [0.25, 0.3) is 0 Å². The number of carbonyl (C=O) groups excluding carboxylic acids is 3. The molecule has 0 aromatic rings. The van der Waals surface area contributed by atoms with Crippen LogP contribution >= 0.6 is 0 Å². The number of ether oxygens (including phenoxy) is 3. The van der Waals surface area contributed by atoms with Gasteiger partial charge in [0.1, 0.15) is 13.2 Å². The van der Waals surface area contributed by atoms with E-state index in [0.29, 0.717) is 12.8 Å². The Bertz CT molecular complexity index is 1540. The summed E-state index contributed by atoms with van der Waals surface area (Å²) in [6.45, 7) is 6.19. The predicted octanol–water partition coefficient (Wildman–Crippen LogP) is 16.6. The molecule has 0 heterocycles. The molecule has 0 fully saturated rings. The van der Waals surface area contributed by atoms with Crippen molar-refractivity contribution in [2.75, 3.05) is 13.2 Å². The highest BCUT2D eigenvalue weighted by atomic mass is 16.6. The molecular formula is C59H88O6. The fraction of sp³-hybridized carbons (Fsp3) is 0.508. The molecule has 0 aromatic carbocycles. The van der Waals surface area contributed by atoms with Crippen LogP contribution in [-0.4, -0.2) is 37.2 Å². The fourth-order valence-corrected chi connectivity index (χ4v) is 6.10. The lowest BCUT2D eigenvalue weighted by molar-refractivity contribution is -0.167. The Morgan fingerprint density at radius 1 is 0.323 bits per heavy atom. The average Bonchev–Trinajstić information content (AvgIpc) is 3.30. The van der Waals surface area contributed by atoms with Gasteiger partial charge in [-0.1, -0.05) is 237 Å². The van der Waals surface area contributed by atoms with E-state index < -0.39 is 6.10 Å². The van der Waals surface area contributed by atoms with Crippen molar-refractivity contribution < 1.29 is 28.6 Å². The average molecular weight is 893 g/mol. The number of hydrogen-bond acceptors (Lipinski definition) is 6. The topological polar surface area (TPSA) is 78.9 Å². The summed E-state index contributed by atoms with van der Waals surface area (Å²) in [6, 6.07) is 0. The summed E-state index contributed by atoms with van der Waals surface area (Å²) in [5.74, 6) is -1.07. The maximum Gasteiger partial charge on any atom is 0.306 e. The van der Waals surface area contributed by atoms with Crippen molar-refractivity contribution in [2.24, 2.45) is 0 Å². The molecular weight excluding hydrogens is 805 g/mol. The third-order valence-corrected chi connectivity index (χ3v) is 9.82. The van der Waals surface area contributed by atoms with Crippen LogP contribution in [0, 0.1) is 0 Å². The highest BCUT2D eigenvalue weighted by molar-refractivity contribution is 5.71. The molecule has 0 aliphatic heterocycles. The lowest BCUT2D eigenvalue weighted by Crippen LogP contribution is -2.30. The molecule has 6 nitrogen and oxygen atoms in total. The highest BCUT2D eigenvalue weighted by Gasteiger charge is 2.19. The van der Waals surface area contributed by atoms with Crippen LogP contribution in [0.2, 0.25) is 0 Å². The maximum absolute atomic E-state index is 12.8. The summed E-state index contributed by atoms with van der Waals surface area (Å²) < 4.78 is 16.7. The van der Waals surface area contributed by atoms with Gasteiger partial charge < -0.3 is 14.2 Å². The molecule has 0 aliphatic carbocycles. The van der Waals surface area contributed by atoms with Crippen LogP contribution in [0.4, 0.5) is 0 Å². The Hall–Kier alpha value is -4.97. The van der Waals surface area contributed by atoms with Crippen molar-refractivity contribution in [1.82, 2.24) is 0 Å². The number of carbonyl (C=O) groups is 3. The van der Waals surface area contributed by atoms with Crippen molar-refractivity contribution in [3.05, 3.63) is 158 Å². The first-order chi connectivity index (χ1) is 32.0. The van der Waals surface area contributed by atoms with E-state index in [1.54, 1.807) is 0 Å². The van der Waals surface area contributed by atoms with E-state index in [9.17, 15) is 14.4 Å². The van der Waals surface area contributed by atoms with Gasteiger partial charge in [-0.3, -0.25) is 14.4 Å². The summed E-state index contributed by atoms with van der Waals surface area (Å²) in [7, 11) is 0. The zero-order valence-electron chi connectivity index (χ0n) is 40.9. The van der Waals surface area contributed by atoms with Crippen LogP contribution in [0.25, 0.3) is 0 Å². The molecule has 1 atom stereocenters. The standard InChI is InChI=1S/C59H88O6/c1-4-7-10-13-16-19-22-25-27-28-29-30-32-34-37-40-43-46-49-52-58(61)64-55-56(54-63-57(60)51-48-45-42-39-36-33-24-21-18-15-12-9-6-3)65-59(62)53-50-47-44-41-38-35-31-26-23-20-17-14-11-8-5-2/h7,9-10,12-13,15-16,18-25,27-30,32-34,36-37,39,42,56H,4-6,8,11,14,17,26,31,35,38,40-41,43-55H2,1-3H3/b10-7+,12-9+,16-13+,18-15+,22-19+,23-20+,24-21+,27-25+,29-28+,32-30+,36-33+,37-34+,42-39+. The van der Waals surface area contributed by atoms with E-state index in [1.807, 2.05) is 128 Å². The third-order valence-electron chi connectivity index (χ3n) is 9.82.